The molecule has 0 bridgehead atoms. The summed E-state index contributed by atoms with van der Waals surface area (Å²) in [5.74, 6) is 0.554. The van der Waals surface area contributed by atoms with Crippen molar-refractivity contribution < 1.29 is 27.6 Å². The molecule has 2 aromatic rings. The van der Waals surface area contributed by atoms with Crippen LogP contribution in [0.25, 0.3) is 0 Å². The summed E-state index contributed by atoms with van der Waals surface area (Å²) in [5.41, 5.74) is 0.784. The van der Waals surface area contributed by atoms with Gasteiger partial charge in [-0.3, -0.25) is 14.9 Å². The van der Waals surface area contributed by atoms with E-state index in [2.05, 4.69) is 4.72 Å². The van der Waals surface area contributed by atoms with Crippen LogP contribution in [0.4, 0.5) is 11.4 Å². The monoisotopic (exact) mass is 449 g/mol. The van der Waals surface area contributed by atoms with Crippen LogP contribution in [0.2, 0.25) is 0 Å². The number of nitrogens with zero attached hydrogens (tertiary/aromatic N) is 2. The second kappa shape index (κ2) is 9.31. The molecule has 0 atom stereocenters. The number of anilines is 1. The number of nitrogens with one attached hydrogen (secondary N) is 1. The molecule has 1 N–H and O–H groups in total. The molecule has 1 aliphatic heterocycles. The van der Waals surface area contributed by atoms with Gasteiger partial charge in [-0.15, -0.1) is 0 Å². The van der Waals surface area contributed by atoms with Gasteiger partial charge in [-0.25, -0.2) is 13.1 Å². The Bertz CT molecular complexity index is 1080. The van der Waals surface area contributed by atoms with Crippen LogP contribution in [0.15, 0.2) is 41.3 Å². The average molecular weight is 449 g/mol. The maximum atomic E-state index is 12.6. The van der Waals surface area contributed by atoms with Crippen LogP contribution < -0.4 is 19.1 Å². The van der Waals surface area contributed by atoms with Crippen molar-refractivity contribution in [2.24, 2.45) is 0 Å². The number of methoxy groups -OCH3 is 2. The summed E-state index contributed by atoms with van der Waals surface area (Å²) in [6, 6.07) is 8.77. The van der Waals surface area contributed by atoms with Crippen molar-refractivity contribution in [2.75, 3.05) is 32.2 Å². The first kappa shape index (κ1) is 22.5. The lowest BCUT2D eigenvalue weighted by molar-refractivity contribution is -0.385. The summed E-state index contributed by atoms with van der Waals surface area (Å²) in [7, 11) is -1.04. The zero-order chi connectivity index (χ0) is 22.6. The van der Waals surface area contributed by atoms with E-state index in [1.165, 1.54) is 38.5 Å². The Labute approximate surface area is 180 Å². The fourth-order valence-corrected chi connectivity index (χ4v) is 4.44. The first-order valence-electron chi connectivity index (χ1n) is 9.56. The maximum absolute atomic E-state index is 12.6. The van der Waals surface area contributed by atoms with Crippen LogP contribution in [0.3, 0.4) is 0 Å². The van der Waals surface area contributed by atoms with E-state index >= 15 is 0 Å². The standard InChI is InChI=1S/C20H23N3O7S/c1-29-18-12-14(17(23(25)26)13-19(18)30-2)9-10-21-31(27,28)16-7-5-15(6-8-16)22-11-3-4-20(22)24/h5-8,12-13,21H,3-4,9-11H2,1-2H3. The molecule has 31 heavy (non-hydrogen) atoms. The Morgan fingerprint density at radius 3 is 2.32 bits per heavy atom. The first-order valence-corrected chi connectivity index (χ1v) is 11.0. The number of rotatable bonds is 9. The van der Waals surface area contributed by atoms with E-state index < -0.39 is 14.9 Å². The van der Waals surface area contributed by atoms with Crippen molar-refractivity contribution >= 4 is 27.3 Å². The van der Waals surface area contributed by atoms with Gasteiger partial charge in [0.25, 0.3) is 5.69 Å². The Kier molecular flexibility index (Phi) is 6.76. The average Bonchev–Trinajstić information content (AvgIpc) is 3.19. The molecular formula is C20H23N3O7S. The van der Waals surface area contributed by atoms with Gasteiger partial charge in [-0.2, -0.15) is 0 Å². The van der Waals surface area contributed by atoms with Gasteiger partial charge in [0.15, 0.2) is 11.5 Å². The van der Waals surface area contributed by atoms with Crippen molar-refractivity contribution in [3.8, 4) is 11.5 Å². The summed E-state index contributed by atoms with van der Waals surface area (Å²) in [4.78, 5) is 24.3. The van der Waals surface area contributed by atoms with Crippen molar-refractivity contribution in [1.82, 2.24) is 4.72 Å². The Balaban J connectivity index is 1.71. The van der Waals surface area contributed by atoms with Gasteiger partial charge in [0.1, 0.15) is 0 Å². The highest BCUT2D eigenvalue weighted by molar-refractivity contribution is 7.89. The normalized spacial score (nSPS) is 14.0. The number of benzene rings is 2. The lowest BCUT2D eigenvalue weighted by atomic mass is 10.1. The van der Waals surface area contributed by atoms with Gasteiger partial charge in [0.2, 0.25) is 15.9 Å². The number of nitro benzene ring substituents is 1. The van der Waals surface area contributed by atoms with Gasteiger partial charge >= 0.3 is 0 Å². The zero-order valence-electron chi connectivity index (χ0n) is 17.2. The van der Waals surface area contributed by atoms with Crippen molar-refractivity contribution in [1.29, 1.82) is 0 Å². The molecule has 11 heteroatoms. The van der Waals surface area contributed by atoms with Crippen LogP contribution in [0.1, 0.15) is 18.4 Å². The fraction of sp³-hybridized carbons (Fsp3) is 0.350. The minimum atomic E-state index is -3.83. The molecule has 3 rings (SSSR count). The molecular weight excluding hydrogens is 426 g/mol. The number of hydrogen-bond donors (Lipinski definition) is 1. The zero-order valence-corrected chi connectivity index (χ0v) is 18.0. The fourth-order valence-electron chi connectivity index (χ4n) is 3.41. The topological polar surface area (TPSA) is 128 Å². The van der Waals surface area contributed by atoms with Crippen molar-refractivity contribution in [3.05, 3.63) is 52.1 Å². The molecule has 0 saturated carbocycles. The molecule has 1 heterocycles. The van der Waals surface area contributed by atoms with Gasteiger partial charge in [-0.1, -0.05) is 0 Å². The molecule has 166 valence electrons. The van der Waals surface area contributed by atoms with Crippen LogP contribution in [0, 0.1) is 10.1 Å². The van der Waals surface area contributed by atoms with Crippen LogP contribution in [-0.2, 0) is 21.2 Å². The number of carbonyl (C=O) groups excluding carboxylic acids is 1. The van der Waals surface area contributed by atoms with Gasteiger partial charge in [0, 0.05) is 30.8 Å². The van der Waals surface area contributed by atoms with Gasteiger partial charge < -0.3 is 14.4 Å². The van der Waals surface area contributed by atoms with E-state index in [9.17, 15) is 23.3 Å². The van der Waals surface area contributed by atoms with Crippen LogP contribution in [0.5, 0.6) is 11.5 Å². The van der Waals surface area contributed by atoms with Crippen LogP contribution >= 0.6 is 0 Å². The number of ether oxygens (including phenoxy) is 2. The molecule has 1 fully saturated rings. The molecule has 0 aromatic heterocycles. The smallest absolute Gasteiger partial charge is 0.276 e. The number of nitro groups is 1. The molecule has 0 radical (unpaired) electrons. The SMILES string of the molecule is COc1cc(CCNS(=O)(=O)c2ccc(N3CCCC3=O)cc2)c([N+](=O)[O-])cc1OC. The second-order valence-corrected chi connectivity index (χ2v) is 8.65. The predicted octanol–water partition coefficient (Wildman–Crippen LogP) is 2.26. The predicted molar refractivity (Wildman–Crippen MR) is 113 cm³/mol. The summed E-state index contributed by atoms with van der Waals surface area (Å²) >= 11 is 0. The molecule has 0 aliphatic carbocycles. The van der Waals surface area contributed by atoms with Crippen molar-refractivity contribution in [2.45, 2.75) is 24.2 Å². The van der Waals surface area contributed by atoms with E-state index in [1.807, 2.05) is 0 Å². The molecule has 0 spiro atoms. The Morgan fingerprint density at radius 1 is 1.13 bits per heavy atom. The highest BCUT2D eigenvalue weighted by Crippen LogP contribution is 2.34. The Hall–Kier alpha value is -3.18. The number of amides is 1. The molecule has 2 aromatic carbocycles. The number of sulfonamides is 1. The molecule has 1 saturated heterocycles. The van der Waals surface area contributed by atoms with Gasteiger partial charge in [-0.05, 0) is 43.2 Å². The third-order valence-corrected chi connectivity index (χ3v) is 6.48. The lowest BCUT2D eigenvalue weighted by Gasteiger charge is -2.16. The van der Waals surface area contributed by atoms with Crippen LogP contribution in [-0.4, -0.2) is 46.6 Å². The van der Waals surface area contributed by atoms with Gasteiger partial charge in [0.05, 0.1) is 30.1 Å². The number of carbonyl (C=O) groups is 1. The lowest BCUT2D eigenvalue weighted by Crippen LogP contribution is -2.26. The molecule has 1 amide bonds. The van der Waals surface area contributed by atoms with E-state index in [0.717, 1.165) is 6.42 Å². The van der Waals surface area contributed by atoms with E-state index in [0.29, 0.717) is 30.0 Å². The van der Waals surface area contributed by atoms with Crippen molar-refractivity contribution in [3.63, 3.8) is 0 Å². The highest BCUT2D eigenvalue weighted by atomic mass is 32.2. The second-order valence-electron chi connectivity index (χ2n) is 6.88. The molecule has 1 aliphatic rings. The largest absolute Gasteiger partial charge is 0.493 e. The van der Waals surface area contributed by atoms with E-state index in [1.54, 1.807) is 17.0 Å². The van der Waals surface area contributed by atoms with E-state index in [4.69, 9.17) is 9.47 Å². The minimum absolute atomic E-state index is 0.0187. The molecule has 0 unspecified atom stereocenters. The van der Waals surface area contributed by atoms with E-state index in [-0.39, 0.29) is 35.2 Å². The third-order valence-electron chi connectivity index (χ3n) is 5.00. The first-order chi connectivity index (χ1) is 14.8. The summed E-state index contributed by atoms with van der Waals surface area (Å²) < 4.78 is 37.9. The summed E-state index contributed by atoms with van der Waals surface area (Å²) in [5, 5.41) is 11.4. The summed E-state index contributed by atoms with van der Waals surface area (Å²) in [6.07, 6.45) is 1.35. The minimum Gasteiger partial charge on any atom is -0.493 e. The Morgan fingerprint density at radius 2 is 1.77 bits per heavy atom. The number of hydrogen-bond acceptors (Lipinski definition) is 7. The quantitative estimate of drug-likeness (QED) is 0.459. The maximum Gasteiger partial charge on any atom is 0.276 e. The summed E-state index contributed by atoms with van der Waals surface area (Å²) in [6.45, 7) is 0.568. The molecule has 10 nitrogen and oxygen atoms in total. The third kappa shape index (κ3) is 4.94. The highest BCUT2D eigenvalue weighted by Gasteiger charge is 2.23.